The molecule has 0 saturated heterocycles. The van der Waals surface area contributed by atoms with Crippen LogP contribution in [0.25, 0.3) is 17.1 Å². The number of ether oxygens (including phenoxy) is 1. The Morgan fingerprint density at radius 3 is 2.62 bits per heavy atom. The molecule has 6 nitrogen and oxygen atoms in total. The Hall–Kier alpha value is -2.51. The number of amides is 1. The number of hydrogen-bond acceptors (Lipinski definition) is 5. The van der Waals surface area contributed by atoms with Crippen LogP contribution in [0.15, 0.2) is 53.7 Å². The van der Waals surface area contributed by atoms with E-state index in [1.807, 2.05) is 41.0 Å². The standard InChI is InChI=1S/C21H23ClN4O2S/c1-14(2)12-23-19(27)13-29-21-25-24-20(15-7-5-4-6-8-15)26(21)16-9-10-18(28-3)17(22)11-16/h4-11,14H,12-13H2,1-3H3,(H,23,27). The number of hydrogen-bond donors (Lipinski definition) is 1. The van der Waals surface area contributed by atoms with Gasteiger partial charge in [0, 0.05) is 12.1 Å². The number of thioether (sulfide) groups is 1. The molecule has 0 aliphatic carbocycles. The zero-order chi connectivity index (χ0) is 20.8. The molecule has 0 saturated carbocycles. The normalized spacial score (nSPS) is 10.9. The molecule has 1 aromatic heterocycles. The maximum Gasteiger partial charge on any atom is 0.230 e. The number of benzene rings is 2. The van der Waals surface area contributed by atoms with Crippen molar-refractivity contribution >= 4 is 29.3 Å². The molecule has 0 unspecified atom stereocenters. The van der Waals surface area contributed by atoms with Crippen LogP contribution in [-0.2, 0) is 4.79 Å². The fourth-order valence-electron chi connectivity index (χ4n) is 2.66. The second kappa shape index (κ2) is 9.80. The lowest BCUT2D eigenvalue weighted by molar-refractivity contribution is -0.118. The first-order chi connectivity index (χ1) is 14.0. The highest BCUT2D eigenvalue weighted by molar-refractivity contribution is 7.99. The molecule has 0 radical (unpaired) electrons. The summed E-state index contributed by atoms with van der Waals surface area (Å²) in [6.07, 6.45) is 0. The maximum atomic E-state index is 12.2. The topological polar surface area (TPSA) is 69.0 Å². The predicted molar refractivity (Wildman–Crippen MR) is 117 cm³/mol. The second-order valence-electron chi connectivity index (χ2n) is 6.81. The van der Waals surface area contributed by atoms with Crippen LogP contribution in [0.3, 0.4) is 0 Å². The van der Waals surface area contributed by atoms with Gasteiger partial charge in [-0.15, -0.1) is 10.2 Å². The average Bonchev–Trinajstić information content (AvgIpc) is 3.15. The van der Waals surface area contributed by atoms with Crippen molar-refractivity contribution in [1.29, 1.82) is 0 Å². The van der Waals surface area contributed by atoms with Crippen molar-refractivity contribution in [2.24, 2.45) is 5.92 Å². The van der Waals surface area contributed by atoms with E-state index in [4.69, 9.17) is 16.3 Å². The van der Waals surface area contributed by atoms with Crippen molar-refractivity contribution in [1.82, 2.24) is 20.1 Å². The first-order valence-corrected chi connectivity index (χ1v) is 10.6. The van der Waals surface area contributed by atoms with Crippen LogP contribution in [0.2, 0.25) is 5.02 Å². The van der Waals surface area contributed by atoms with Crippen molar-refractivity contribution in [3.8, 4) is 22.8 Å². The number of aromatic nitrogens is 3. The molecule has 0 bridgehead atoms. The molecule has 0 fully saturated rings. The van der Waals surface area contributed by atoms with Crippen LogP contribution >= 0.6 is 23.4 Å². The molecule has 2 aromatic carbocycles. The lowest BCUT2D eigenvalue weighted by Gasteiger charge is -2.12. The van der Waals surface area contributed by atoms with E-state index in [1.165, 1.54) is 11.8 Å². The van der Waals surface area contributed by atoms with Gasteiger partial charge in [0.05, 0.1) is 23.6 Å². The van der Waals surface area contributed by atoms with E-state index in [0.29, 0.717) is 34.2 Å². The van der Waals surface area contributed by atoms with Crippen molar-refractivity contribution in [3.63, 3.8) is 0 Å². The monoisotopic (exact) mass is 430 g/mol. The summed E-state index contributed by atoms with van der Waals surface area (Å²) in [6, 6.07) is 15.3. The molecule has 0 spiro atoms. The smallest absolute Gasteiger partial charge is 0.230 e. The van der Waals surface area contributed by atoms with Gasteiger partial charge < -0.3 is 10.1 Å². The third-order valence-electron chi connectivity index (χ3n) is 4.10. The molecule has 0 atom stereocenters. The predicted octanol–water partition coefficient (Wildman–Crippen LogP) is 4.46. The summed E-state index contributed by atoms with van der Waals surface area (Å²) in [5.41, 5.74) is 1.72. The molecular formula is C21H23ClN4O2S. The highest BCUT2D eigenvalue weighted by Gasteiger charge is 2.18. The molecule has 1 amide bonds. The van der Waals surface area contributed by atoms with E-state index < -0.39 is 0 Å². The van der Waals surface area contributed by atoms with Crippen LogP contribution in [0.1, 0.15) is 13.8 Å². The van der Waals surface area contributed by atoms with E-state index in [2.05, 4.69) is 29.4 Å². The molecule has 1 N–H and O–H groups in total. The summed E-state index contributed by atoms with van der Waals surface area (Å²) >= 11 is 7.68. The van der Waals surface area contributed by atoms with Gasteiger partial charge in [0.15, 0.2) is 11.0 Å². The Labute approximate surface area is 179 Å². The van der Waals surface area contributed by atoms with Crippen molar-refractivity contribution in [3.05, 3.63) is 53.6 Å². The first-order valence-electron chi connectivity index (χ1n) is 9.24. The molecule has 0 aliphatic rings. The molecule has 3 rings (SSSR count). The molecule has 29 heavy (non-hydrogen) atoms. The van der Waals surface area contributed by atoms with Gasteiger partial charge in [0.2, 0.25) is 5.91 Å². The van der Waals surface area contributed by atoms with Gasteiger partial charge in [-0.2, -0.15) is 0 Å². The Balaban J connectivity index is 1.94. The molecular weight excluding hydrogens is 408 g/mol. The summed E-state index contributed by atoms with van der Waals surface area (Å²) in [4.78, 5) is 12.2. The minimum atomic E-state index is -0.0349. The van der Waals surface area contributed by atoms with E-state index in [0.717, 1.165) is 11.3 Å². The van der Waals surface area contributed by atoms with Crippen molar-refractivity contribution in [2.75, 3.05) is 19.4 Å². The number of nitrogens with zero attached hydrogens (tertiary/aromatic N) is 3. The van der Waals surface area contributed by atoms with E-state index in [-0.39, 0.29) is 11.7 Å². The lowest BCUT2D eigenvalue weighted by Crippen LogP contribution is -2.28. The number of carbonyl (C=O) groups is 1. The van der Waals surface area contributed by atoms with Gasteiger partial charge in [0.1, 0.15) is 5.75 Å². The Morgan fingerprint density at radius 1 is 1.21 bits per heavy atom. The summed E-state index contributed by atoms with van der Waals surface area (Å²) in [5.74, 6) is 1.89. The van der Waals surface area contributed by atoms with Crippen LogP contribution in [0.4, 0.5) is 0 Å². The highest BCUT2D eigenvalue weighted by Crippen LogP contribution is 2.32. The van der Waals surface area contributed by atoms with Crippen LogP contribution in [0, 0.1) is 5.92 Å². The number of carbonyl (C=O) groups excluding carboxylic acids is 1. The van der Waals surface area contributed by atoms with Gasteiger partial charge in [-0.1, -0.05) is 67.5 Å². The second-order valence-corrected chi connectivity index (χ2v) is 8.16. The van der Waals surface area contributed by atoms with Crippen LogP contribution < -0.4 is 10.1 Å². The lowest BCUT2D eigenvalue weighted by atomic mass is 10.2. The van der Waals surface area contributed by atoms with Gasteiger partial charge in [-0.3, -0.25) is 9.36 Å². The summed E-state index contributed by atoms with van der Waals surface area (Å²) in [6.45, 7) is 4.77. The quantitative estimate of drug-likeness (QED) is 0.534. The average molecular weight is 431 g/mol. The first kappa shape index (κ1) is 21.2. The molecule has 152 valence electrons. The van der Waals surface area contributed by atoms with Crippen molar-refractivity contribution in [2.45, 2.75) is 19.0 Å². The Kier molecular flexibility index (Phi) is 7.17. The molecule has 0 aliphatic heterocycles. The Bertz CT molecular complexity index is 976. The fraction of sp³-hybridized carbons (Fsp3) is 0.286. The number of nitrogens with one attached hydrogen (secondary N) is 1. The summed E-state index contributed by atoms with van der Waals surface area (Å²) in [5, 5.41) is 12.7. The number of rotatable bonds is 8. The maximum absolute atomic E-state index is 12.2. The van der Waals surface area contributed by atoms with Gasteiger partial charge in [-0.25, -0.2) is 0 Å². The molecule has 3 aromatic rings. The van der Waals surface area contributed by atoms with Gasteiger partial charge in [0.25, 0.3) is 0 Å². The zero-order valence-corrected chi connectivity index (χ0v) is 18.1. The van der Waals surface area contributed by atoms with Crippen molar-refractivity contribution < 1.29 is 9.53 Å². The number of halogens is 1. The van der Waals surface area contributed by atoms with E-state index in [9.17, 15) is 4.79 Å². The minimum absolute atomic E-state index is 0.0349. The number of methoxy groups -OCH3 is 1. The van der Waals surface area contributed by atoms with E-state index in [1.54, 1.807) is 19.2 Å². The molecule has 1 heterocycles. The zero-order valence-electron chi connectivity index (χ0n) is 16.6. The van der Waals surface area contributed by atoms with E-state index >= 15 is 0 Å². The highest BCUT2D eigenvalue weighted by atomic mass is 35.5. The molecule has 8 heteroatoms. The minimum Gasteiger partial charge on any atom is -0.495 e. The fourth-order valence-corrected chi connectivity index (χ4v) is 3.70. The van der Waals surface area contributed by atoms with Crippen LogP contribution in [-0.4, -0.2) is 40.1 Å². The largest absolute Gasteiger partial charge is 0.495 e. The summed E-state index contributed by atoms with van der Waals surface area (Å²) in [7, 11) is 1.58. The third-order valence-corrected chi connectivity index (χ3v) is 5.32. The Morgan fingerprint density at radius 2 is 1.97 bits per heavy atom. The third kappa shape index (κ3) is 5.31. The van der Waals surface area contributed by atoms with Gasteiger partial charge in [-0.05, 0) is 24.1 Å². The van der Waals surface area contributed by atoms with Gasteiger partial charge >= 0.3 is 0 Å². The SMILES string of the molecule is COc1ccc(-n2c(SCC(=O)NCC(C)C)nnc2-c2ccccc2)cc1Cl. The summed E-state index contributed by atoms with van der Waals surface area (Å²) < 4.78 is 7.16. The van der Waals surface area contributed by atoms with Crippen LogP contribution in [0.5, 0.6) is 5.75 Å².